The number of esters is 2. The number of rotatable bonds is 7. The van der Waals surface area contributed by atoms with Crippen LogP contribution in [0.2, 0.25) is 0 Å². The second kappa shape index (κ2) is 8.75. The van der Waals surface area contributed by atoms with E-state index < -0.39 is 41.2 Å². The van der Waals surface area contributed by atoms with Gasteiger partial charge in [0.2, 0.25) is 0 Å². The summed E-state index contributed by atoms with van der Waals surface area (Å²) >= 11 is 0. The molecular weight excluding hydrogens is 464 g/mol. The number of carbonyl (C=O) groups is 2. The standard InChI is InChI=1S/C27H36N2O7/c1-14(2)12-17(28)25(31)34-15(3)24(30)35-19-8-9-27(32)20-13-16-6-7-18(33-5)22-21(16)26(27,23(19)36-22)10-11-29(20)4/h6-8,14-15,17,20,23,32H,9-13,28H2,1-5H3/t15-,17-,20+,23?,26?,27+/m0/s1. The molecule has 9 heteroatoms. The highest BCUT2D eigenvalue weighted by molar-refractivity contribution is 5.82. The molecule has 1 aromatic carbocycles. The topological polar surface area (TPSA) is 121 Å². The highest BCUT2D eigenvalue weighted by Crippen LogP contribution is 2.65. The first-order valence-corrected chi connectivity index (χ1v) is 12.7. The molecule has 9 nitrogen and oxygen atoms in total. The number of piperidine rings is 1. The maximum atomic E-state index is 13.0. The fourth-order valence-corrected chi connectivity index (χ4v) is 6.70. The Balaban J connectivity index is 1.44. The predicted octanol–water partition coefficient (Wildman–Crippen LogP) is 1.82. The number of hydrogen-bond donors (Lipinski definition) is 2. The summed E-state index contributed by atoms with van der Waals surface area (Å²) in [5, 5.41) is 12.2. The second-order valence-electron chi connectivity index (χ2n) is 11.0. The van der Waals surface area contributed by atoms with Crippen molar-refractivity contribution in [3.63, 3.8) is 0 Å². The van der Waals surface area contributed by atoms with Crippen LogP contribution in [0.25, 0.3) is 0 Å². The van der Waals surface area contributed by atoms with Crippen molar-refractivity contribution in [1.29, 1.82) is 0 Å². The van der Waals surface area contributed by atoms with Crippen LogP contribution >= 0.6 is 0 Å². The van der Waals surface area contributed by atoms with Gasteiger partial charge in [-0.25, -0.2) is 4.79 Å². The Morgan fingerprint density at radius 3 is 2.72 bits per heavy atom. The number of benzene rings is 1. The zero-order chi connectivity index (χ0) is 26.0. The van der Waals surface area contributed by atoms with Crippen LogP contribution < -0.4 is 15.2 Å². The van der Waals surface area contributed by atoms with E-state index in [0.717, 1.165) is 17.7 Å². The SMILES string of the molecule is COc1ccc2c3c1OC1C(OC(=O)[C@H](C)OC(=O)[C@@H](N)CC(C)C)=CC[C@@]4(O)[C@@H](C2)N(C)CCC314. The Kier molecular flexibility index (Phi) is 6.08. The van der Waals surface area contributed by atoms with Crippen molar-refractivity contribution in [1.82, 2.24) is 4.90 Å². The number of aliphatic hydroxyl groups is 1. The minimum atomic E-state index is -1.14. The third-order valence-electron chi connectivity index (χ3n) is 8.43. The van der Waals surface area contributed by atoms with E-state index in [-0.39, 0.29) is 12.0 Å². The predicted molar refractivity (Wildman–Crippen MR) is 131 cm³/mol. The lowest BCUT2D eigenvalue weighted by Crippen LogP contribution is -2.74. The zero-order valence-electron chi connectivity index (χ0n) is 21.6. The van der Waals surface area contributed by atoms with E-state index in [4.69, 9.17) is 24.7 Å². The fraction of sp³-hybridized carbons (Fsp3) is 0.630. The van der Waals surface area contributed by atoms with Crippen LogP contribution in [0.4, 0.5) is 0 Å². The van der Waals surface area contributed by atoms with Crippen LogP contribution in [0.3, 0.4) is 0 Å². The molecule has 2 aliphatic carbocycles. The van der Waals surface area contributed by atoms with E-state index in [1.807, 2.05) is 33.0 Å². The van der Waals surface area contributed by atoms with Gasteiger partial charge < -0.3 is 34.7 Å². The van der Waals surface area contributed by atoms with Crippen LogP contribution in [0.1, 0.15) is 51.2 Å². The van der Waals surface area contributed by atoms with E-state index in [0.29, 0.717) is 42.9 Å². The molecule has 0 radical (unpaired) electrons. The van der Waals surface area contributed by atoms with Crippen molar-refractivity contribution in [2.75, 3.05) is 20.7 Å². The van der Waals surface area contributed by atoms with Gasteiger partial charge in [-0.05, 0) is 63.4 Å². The average Bonchev–Trinajstić information content (AvgIpc) is 3.18. The van der Waals surface area contributed by atoms with Gasteiger partial charge in [-0.1, -0.05) is 19.9 Å². The number of likely N-dealkylation sites (tertiary alicyclic amines) is 1. The van der Waals surface area contributed by atoms with Crippen LogP contribution in [0, 0.1) is 5.92 Å². The Hall–Kier alpha value is -2.62. The smallest absolute Gasteiger partial charge is 0.352 e. The van der Waals surface area contributed by atoms with Gasteiger partial charge >= 0.3 is 11.9 Å². The molecule has 1 saturated heterocycles. The van der Waals surface area contributed by atoms with Crippen LogP contribution in [0.5, 0.6) is 11.5 Å². The number of likely N-dealkylation sites (N-methyl/N-ethyl adjacent to an activating group) is 1. The van der Waals surface area contributed by atoms with Gasteiger partial charge in [0, 0.05) is 18.0 Å². The summed E-state index contributed by atoms with van der Waals surface area (Å²) in [6.07, 6.45) is 2.01. The molecule has 1 fully saturated rings. The molecule has 2 bridgehead atoms. The molecule has 2 heterocycles. The van der Waals surface area contributed by atoms with Crippen molar-refractivity contribution < 1.29 is 33.6 Å². The molecule has 196 valence electrons. The molecule has 2 unspecified atom stereocenters. The number of methoxy groups -OCH3 is 1. The largest absolute Gasteiger partial charge is 0.493 e. The maximum absolute atomic E-state index is 13.0. The summed E-state index contributed by atoms with van der Waals surface area (Å²) in [7, 11) is 3.62. The normalized spacial score (nSPS) is 31.6. The Labute approximate surface area is 211 Å². The molecule has 1 aromatic rings. The van der Waals surface area contributed by atoms with Gasteiger partial charge in [0.25, 0.3) is 0 Å². The Morgan fingerprint density at radius 1 is 1.28 bits per heavy atom. The van der Waals surface area contributed by atoms with Gasteiger partial charge in [-0.15, -0.1) is 0 Å². The number of nitrogens with zero attached hydrogens (tertiary/aromatic N) is 1. The summed E-state index contributed by atoms with van der Waals surface area (Å²) in [6, 6.07) is 3.03. The minimum absolute atomic E-state index is 0.0972. The molecule has 6 atom stereocenters. The first kappa shape index (κ1) is 25.0. The first-order chi connectivity index (χ1) is 17.0. The third kappa shape index (κ3) is 3.47. The fourth-order valence-electron chi connectivity index (χ4n) is 6.70. The van der Waals surface area contributed by atoms with Crippen LogP contribution in [-0.4, -0.2) is 72.5 Å². The number of hydrogen-bond acceptors (Lipinski definition) is 9. The molecule has 5 rings (SSSR count). The molecule has 4 aliphatic rings. The van der Waals surface area contributed by atoms with Crippen molar-refractivity contribution in [3.05, 3.63) is 35.1 Å². The highest BCUT2D eigenvalue weighted by Gasteiger charge is 2.72. The molecule has 0 aromatic heterocycles. The van der Waals surface area contributed by atoms with E-state index in [1.165, 1.54) is 6.92 Å². The number of ether oxygens (including phenoxy) is 4. The zero-order valence-corrected chi connectivity index (χ0v) is 21.6. The van der Waals surface area contributed by atoms with E-state index in [9.17, 15) is 14.7 Å². The summed E-state index contributed by atoms with van der Waals surface area (Å²) in [4.78, 5) is 27.6. The average molecular weight is 501 g/mol. The summed E-state index contributed by atoms with van der Waals surface area (Å²) in [6.45, 7) is 6.16. The monoisotopic (exact) mass is 500 g/mol. The highest BCUT2D eigenvalue weighted by atomic mass is 16.6. The molecule has 36 heavy (non-hydrogen) atoms. The molecular formula is C27H36N2O7. The quantitative estimate of drug-likeness (QED) is 0.540. The maximum Gasteiger partial charge on any atom is 0.352 e. The van der Waals surface area contributed by atoms with Gasteiger partial charge in [0.1, 0.15) is 11.8 Å². The first-order valence-electron chi connectivity index (χ1n) is 12.7. The lowest BCUT2D eigenvalue weighted by molar-refractivity contribution is -0.175. The van der Waals surface area contributed by atoms with Gasteiger partial charge in [-0.3, -0.25) is 4.79 Å². The van der Waals surface area contributed by atoms with Gasteiger partial charge in [0.15, 0.2) is 23.7 Å². The minimum Gasteiger partial charge on any atom is -0.493 e. The van der Waals surface area contributed by atoms with Crippen molar-refractivity contribution in [2.24, 2.45) is 11.7 Å². The number of nitrogens with two attached hydrogens (primary N) is 1. The van der Waals surface area contributed by atoms with Crippen molar-refractivity contribution in [3.8, 4) is 11.5 Å². The van der Waals surface area contributed by atoms with Crippen LogP contribution in [-0.2, 0) is 30.9 Å². The summed E-state index contributed by atoms with van der Waals surface area (Å²) in [5.74, 6) is 0.391. The Bertz CT molecular complexity index is 1120. The van der Waals surface area contributed by atoms with E-state index in [2.05, 4.69) is 4.90 Å². The van der Waals surface area contributed by atoms with Crippen molar-refractivity contribution in [2.45, 2.75) is 81.8 Å². The second-order valence-corrected chi connectivity index (χ2v) is 11.0. The van der Waals surface area contributed by atoms with Crippen molar-refractivity contribution >= 4 is 11.9 Å². The van der Waals surface area contributed by atoms with Gasteiger partial charge in [0.05, 0.1) is 18.1 Å². The summed E-state index contributed by atoms with van der Waals surface area (Å²) < 4.78 is 23.2. The lowest BCUT2D eigenvalue weighted by Gasteiger charge is -2.61. The number of carbonyl (C=O) groups excluding carboxylic acids is 2. The third-order valence-corrected chi connectivity index (χ3v) is 8.43. The molecule has 1 spiro atoms. The molecule has 0 saturated carbocycles. The molecule has 2 aliphatic heterocycles. The summed E-state index contributed by atoms with van der Waals surface area (Å²) in [5.41, 5.74) is 6.12. The van der Waals surface area contributed by atoms with E-state index >= 15 is 0 Å². The van der Waals surface area contributed by atoms with Gasteiger partial charge in [-0.2, -0.15) is 0 Å². The van der Waals surface area contributed by atoms with E-state index in [1.54, 1.807) is 13.2 Å². The van der Waals surface area contributed by atoms with Crippen LogP contribution in [0.15, 0.2) is 24.0 Å². The lowest BCUT2D eigenvalue weighted by atomic mass is 9.50. The molecule has 0 amide bonds. The molecule has 3 N–H and O–H groups in total. The Morgan fingerprint density at radius 2 is 2.03 bits per heavy atom.